The van der Waals surface area contributed by atoms with E-state index < -0.39 is 0 Å². The van der Waals surface area contributed by atoms with Gasteiger partial charge in [0.25, 0.3) is 0 Å². The molecule has 0 amide bonds. The van der Waals surface area contributed by atoms with Gasteiger partial charge >= 0.3 is 0 Å². The van der Waals surface area contributed by atoms with E-state index in [2.05, 4.69) is 6.58 Å². The molecule has 0 fully saturated rings. The zero-order chi connectivity index (χ0) is 13.4. The van der Waals surface area contributed by atoms with Gasteiger partial charge in [-0.25, -0.2) is 0 Å². The molecule has 0 aliphatic heterocycles. The number of aliphatic hydroxyl groups excluding tert-OH is 2. The van der Waals surface area contributed by atoms with Crippen LogP contribution < -0.4 is 0 Å². The van der Waals surface area contributed by atoms with Crippen LogP contribution in [0.1, 0.15) is 30.9 Å². The molecular weight excluding hydrogens is 224 g/mol. The zero-order valence-electron chi connectivity index (χ0n) is 10.9. The monoisotopic (exact) mass is 246 g/mol. The van der Waals surface area contributed by atoms with Crippen LogP contribution in [0, 0.1) is 0 Å². The first-order valence-electron chi connectivity index (χ1n) is 6.35. The van der Waals surface area contributed by atoms with Crippen LogP contribution in [-0.2, 0) is 6.42 Å². The Morgan fingerprint density at radius 3 is 2.61 bits per heavy atom. The van der Waals surface area contributed by atoms with E-state index >= 15 is 0 Å². The van der Waals surface area contributed by atoms with Gasteiger partial charge in [-0.2, -0.15) is 0 Å². The fourth-order valence-electron chi connectivity index (χ4n) is 1.80. The summed E-state index contributed by atoms with van der Waals surface area (Å²) >= 11 is 0. The standard InChI is InChI=1S/C16H22O2/c1-3-7-16(18)12-15-10-5-4-9-14(15)11-6-8-13(2)17/h3-6,9-11,13,16-18H,1,7-8,12H2,2H3. The van der Waals surface area contributed by atoms with Crippen LogP contribution in [0.15, 0.2) is 43.0 Å². The molecule has 1 aromatic carbocycles. The van der Waals surface area contributed by atoms with E-state index in [4.69, 9.17) is 0 Å². The maximum Gasteiger partial charge on any atom is 0.0615 e. The normalized spacial score (nSPS) is 14.6. The Balaban J connectivity index is 2.72. The van der Waals surface area contributed by atoms with Gasteiger partial charge in [-0.3, -0.25) is 0 Å². The third-order valence-corrected chi connectivity index (χ3v) is 2.72. The molecule has 1 aromatic rings. The minimum atomic E-state index is -0.381. The molecule has 2 atom stereocenters. The van der Waals surface area contributed by atoms with Gasteiger partial charge in [0, 0.05) is 0 Å². The SMILES string of the molecule is C=CCC(O)Cc1ccccc1C=CCC(C)O. The first-order valence-corrected chi connectivity index (χ1v) is 6.35. The van der Waals surface area contributed by atoms with Crippen LogP contribution >= 0.6 is 0 Å². The summed E-state index contributed by atoms with van der Waals surface area (Å²) in [6.07, 6.45) is 6.87. The van der Waals surface area contributed by atoms with Crippen LogP contribution in [0.4, 0.5) is 0 Å². The van der Waals surface area contributed by atoms with E-state index in [-0.39, 0.29) is 12.2 Å². The molecule has 0 saturated heterocycles. The van der Waals surface area contributed by atoms with Crippen molar-refractivity contribution in [2.24, 2.45) is 0 Å². The van der Waals surface area contributed by atoms with Gasteiger partial charge in [0.15, 0.2) is 0 Å². The van der Waals surface area contributed by atoms with E-state index in [9.17, 15) is 10.2 Å². The molecule has 1 rings (SSSR count). The van der Waals surface area contributed by atoms with Gasteiger partial charge in [-0.1, -0.05) is 42.5 Å². The molecule has 0 radical (unpaired) electrons. The quantitative estimate of drug-likeness (QED) is 0.726. The maximum absolute atomic E-state index is 9.81. The lowest BCUT2D eigenvalue weighted by atomic mass is 9.99. The van der Waals surface area contributed by atoms with Crippen molar-refractivity contribution in [1.82, 2.24) is 0 Å². The van der Waals surface area contributed by atoms with Crippen LogP contribution in [0.5, 0.6) is 0 Å². The van der Waals surface area contributed by atoms with Crippen molar-refractivity contribution in [3.8, 4) is 0 Å². The van der Waals surface area contributed by atoms with Crippen molar-refractivity contribution < 1.29 is 10.2 Å². The second kappa shape index (κ2) is 7.85. The molecular formula is C16H22O2. The van der Waals surface area contributed by atoms with Crippen molar-refractivity contribution >= 4 is 6.08 Å². The first kappa shape index (κ1) is 14.7. The second-order valence-corrected chi connectivity index (χ2v) is 4.57. The summed E-state index contributed by atoms with van der Waals surface area (Å²) in [5, 5.41) is 19.0. The molecule has 0 aliphatic rings. The lowest BCUT2D eigenvalue weighted by molar-refractivity contribution is 0.178. The fourth-order valence-corrected chi connectivity index (χ4v) is 1.80. The Kier molecular flexibility index (Phi) is 6.40. The highest BCUT2D eigenvalue weighted by atomic mass is 16.3. The van der Waals surface area contributed by atoms with E-state index in [0.717, 1.165) is 11.1 Å². The lowest BCUT2D eigenvalue weighted by Crippen LogP contribution is -2.09. The molecule has 0 aromatic heterocycles. The van der Waals surface area contributed by atoms with E-state index in [1.165, 1.54) is 0 Å². The number of rotatable bonds is 7. The Bertz CT molecular complexity index is 394. The van der Waals surface area contributed by atoms with Crippen LogP contribution in [0.25, 0.3) is 6.08 Å². The van der Waals surface area contributed by atoms with E-state index in [1.54, 1.807) is 13.0 Å². The molecule has 0 aliphatic carbocycles. The second-order valence-electron chi connectivity index (χ2n) is 4.57. The molecule has 2 unspecified atom stereocenters. The molecule has 0 heterocycles. The highest BCUT2D eigenvalue weighted by molar-refractivity contribution is 5.53. The van der Waals surface area contributed by atoms with Gasteiger partial charge in [-0.05, 0) is 37.3 Å². The number of benzene rings is 1. The summed E-state index contributed by atoms with van der Waals surface area (Å²) in [5.74, 6) is 0. The molecule has 0 bridgehead atoms. The van der Waals surface area contributed by atoms with Crippen molar-refractivity contribution in [2.45, 2.75) is 38.4 Å². The zero-order valence-corrected chi connectivity index (χ0v) is 10.9. The third kappa shape index (κ3) is 5.30. The minimum absolute atomic E-state index is 0.320. The summed E-state index contributed by atoms with van der Waals surface area (Å²) in [7, 11) is 0. The Morgan fingerprint density at radius 2 is 1.94 bits per heavy atom. The molecule has 98 valence electrons. The van der Waals surface area contributed by atoms with Gasteiger partial charge in [0.2, 0.25) is 0 Å². The maximum atomic E-state index is 9.81. The molecule has 0 saturated carbocycles. The lowest BCUT2D eigenvalue weighted by Gasteiger charge is -2.10. The Morgan fingerprint density at radius 1 is 1.22 bits per heavy atom. The van der Waals surface area contributed by atoms with Crippen molar-refractivity contribution in [3.63, 3.8) is 0 Å². The van der Waals surface area contributed by atoms with Crippen molar-refractivity contribution in [2.75, 3.05) is 0 Å². The van der Waals surface area contributed by atoms with Crippen LogP contribution in [0.2, 0.25) is 0 Å². The molecule has 2 heteroatoms. The van der Waals surface area contributed by atoms with Gasteiger partial charge in [0.1, 0.15) is 0 Å². The minimum Gasteiger partial charge on any atom is -0.393 e. The smallest absolute Gasteiger partial charge is 0.0615 e. The summed E-state index contributed by atoms with van der Waals surface area (Å²) < 4.78 is 0. The van der Waals surface area contributed by atoms with Crippen molar-refractivity contribution in [1.29, 1.82) is 0 Å². The summed E-state index contributed by atoms with van der Waals surface area (Å²) in [5.41, 5.74) is 2.22. The van der Waals surface area contributed by atoms with Crippen LogP contribution in [-0.4, -0.2) is 22.4 Å². The third-order valence-electron chi connectivity index (χ3n) is 2.72. The molecule has 18 heavy (non-hydrogen) atoms. The van der Waals surface area contributed by atoms with Gasteiger partial charge in [0.05, 0.1) is 12.2 Å². The summed E-state index contributed by atoms with van der Waals surface area (Å²) in [4.78, 5) is 0. The predicted octanol–water partition coefficient (Wildman–Crippen LogP) is 2.95. The fraction of sp³-hybridized carbons (Fsp3) is 0.375. The van der Waals surface area contributed by atoms with E-state index in [1.807, 2.05) is 36.4 Å². The number of hydrogen-bond donors (Lipinski definition) is 2. The Hall–Kier alpha value is -1.38. The van der Waals surface area contributed by atoms with Crippen molar-refractivity contribution in [3.05, 3.63) is 54.1 Å². The van der Waals surface area contributed by atoms with Gasteiger partial charge < -0.3 is 10.2 Å². The summed E-state index contributed by atoms with van der Waals surface area (Å²) in [6, 6.07) is 8.00. The molecule has 0 spiro atoms. The first-order chi connectivity index (χ1) is 8.63. The molecule has 2 nitrogen and oxygen atoms in total. The average molecular weight is 246 g/mol. The highest BCUT2D eigenvalue weighted by Gasteiger charge is 2.06. The highest BCUT2D eigenvalue weighted by Crippen LogP contribution is 2.15. The number of aliphatic hydroxyl groups is 2. The van der Waals surface area contributed by atoms with Gasteiger partial charge in [-0.15, -0.1) is 6.58 Å². The average Bonchev–Trinajstić information content (AvgIpc) is 2.31. The Labute approximate surface area is 109 Å². The van der Waals surface area contributed by atoms with Crippen LogP contribution in [0.3, 0.4) is 0 Å². The summed E-state index contributed by atoms with van der Waals surface area (Å²) in [6.45, 7) is 5.40. The number of hydrogen-bond acceptors (Lipinski definition) is 2. The largest absolute Gasteiger partial charge is 0.393 e. The van der Waals surface area contributed by atoms with E-state index in [0.29, 0.717) is 19.3 Å². The topological polar surface area (TPSA) is 40.5 Å². The molecule has 2 N–H and O–H groups in total. The predicted molar refractivity (Wildman–Crippen MR) is 76.3 cm³/mol.